The lowest BCUT2D eigenvalue weighted by Gasteiger charge is -2.08. The lowest BCUT2D eigenvalue weighted by Crippen LogP contribution is -2.06. The number of carboxylic acids is 1. The normalized spacial score (nSPS) is 10.9. The Labute approximate surface area is 166 Å². The van der Waals surface area contributed by atoms with Gasteiger partial charge in [0.15, 0.2) is 0 Å². The summed E-state index contributed by atoms with van der Waals surface area (Å²) in [4.78, 5) is 15.7. The minimum absolute atomic E-state index is 0.139. The minimum Gasteiger partial charge on any atom is -0.481 e. The third kappa shape index (κ3) is 3.42. The van der Waals surface area contributed by atoms with Crippen LogP contribution in [-0.4, -0.2) is 33.0 Å². The van der Waals surface area contributed by atoms with Crippen LogP contribution < -0.4 is 4.74 Å². The van der Waals surface area contributed by atoms with E-state index in [4.69, 9.17) is 16.3 Å². The van der Waals surface area contributed by atoms with Gasteiger partial charge in [-0.1, -0.05) is 35.9 Å². The predicted octanol–water partition coefficient (Wildman–Crippen LogP) is 4.51. The first-order chi connectivity index (χ1) is 13.5. The van der Waals surface area contributed by atoms with E-state index in [0.29, 0.717) is 28.4 Å². The highest BCUT2D eigenvalue weighted by Crippen LogP contribution is 2.26. The second kappa shape index (κ2) is 7.32. The van der Waals surface area contributed by atoms with Crippen molar-refractivity contribution in [2.45, 2.75) is 6.54 Å². The minimum atomic E-state index is -1.03. The van der Waals surface area contributed by atoms with Crippen LogP contribution in [0.2, 0.25) is 5.02 Å². The van der Waals surface area contributed by atoms with Crippen LogP contribution in [0, 0.1) is 0 Å². The fourth-order valence-electron chi connectivity index (χ4n) is 3.16. The average molecular weight is 394 g/mol. The Bertz CT molecular complexity index is 1170. The summed E-state index contributed by atoms with van der Waals surface area (Å²) in [7, 11) is 1.59. The third-order valence-electron chi connectivity index (χ3n) is 4.49. The maximum atomic E-state index is 11.6. The molecule has 0 aliphatic carbocycles. The van der Waals surface area contributed by atoms with Crippen LogP contribution in [0.3, 0.4) is 0 Å². The molecular weight excluding hydrogens is 378 g/mol. The van der Waals surface area contributed by atoms with Gasteiger partial charge in [-0.05, 0) is 34.9 Å². The fraction of sp³-hybridized carbons (Fsp3) is 0.0952. The molecule has 7 heteroatoms. The number of methoxy groups -OCH3 is 1. The number of carbonyl (C=O) groups is 1. The zero-order valence-corrected chi connectivity index (χ0v) is 15.7. The van der Waals surface area contributed by atoms with Gasteiger partial charge < -0.3 is 9.84 Å². The summed E-state index contributed by atoms with van der Waals surface area (Å²) < 4.78 is 6.85. The first-order valence-electron chi connectivity index (χ1n) is 8.53. The first-order valence-corrected chi connectivity index (χ1v) is 8.90. The Morgan fingerprint density at radius 1 is 1.14 bits per heavy atom. The highest BCUT2D eigenvalue weighted by atomic mass is 35.5. The van der Waals surface area contributed by atoms with Gasteiger partial charge in [0.2, 0.25) is 5.88 Å². The van der Waals surface area contributed by atoms with Gasteiger partial charge in [0, 0.05) is 22.7 Å². The zero-order valence-electron chi connectivity index (χ0n) is 15.0. The summed E-state index contributed by atoms with van der Waals surface area (Å²) in [6, 6.07) is 14.9. The number of aromatic carboxylic acids is 1. The molecule has 28 heavy (non-hydrogen) atoms. The Morgan fingerprint density at radius 3 is 2.64 bits per heavy atom. The van der Waals surface area contributed by atoms with Crippen molar-refractivity contribution >= 4 is 28.5 Å². The number of aromatic nitrogens is 3. The third-order valence-corrected chi connectivity index (χ3v) is 4.71. The van der Waals surface area contributed by atoms with Crippen molar-refractivity contribution < 1.29 is 14.6 Å². The largest absolute Gasteiger partial charge is 0.481 e. The Kier molecular flexibility index (Phi) is 4.71. The van der Waals surface area contributed by atoms with Crippen LogP contribution in [0.1, 0.15) is 15.9 Å². The lowest BCUT2D eigenvalue weighted by molar-refractivity contribution is 0.0698. The molecule has 2 aromatic carbocycles. The van der Waals surface area contributed by atoms with Crippen LogP contribution in [0.25, 0.3) is 22.0 Å². The number of ether oxygens (including phenoxy) is 1. The molecule has 0 bridgehead atoms. The molecule has 2 aromatic heterocycles. The number of benzene rings is 2. The molecule has 0 fully saturated rings. The van der Waals surface area contributed by atoms with Gasteiger partial charge in [-0.3, -0.25) is 4.68 Å². The molecule has 4 aromatic rings. The lowest BCUT2D eigenvalue weighted by atomic mass is 10.0. The molecular formula is C21H16ClN3O3. The summed E-state index contributed by atoms with van der Waals surface area (Å²) in [6.07, 6.45) is 3.34. The van der Waals surface area contributed by atoms with Gasteiger partial charge in [-0.2, -0.15) is 5.10 Å². The van der Waals surface area contributed by atoms with Gasteiger partial charge in [0.1, 0.15) is 0 Å². The standard InChI is InChI=1S/C21H16ClN3O3/c1-28-19-9-15(6-7-23-19)14-4-2-13(3-5-14)12-25-20-16(11-24-25)8-17(22)10-18(20)21(26)27/h2-11H,12H2,1H3,(H,26,27). The van der Waals surface area contributed by atoms with Crippen LogP contribution in [0.4, 0.5) is 0 Å². The molecule has 4 rings (SSSR count). The average Bonchev–Trinajstić information content (AvgIpc) is 3.10. The fourth-order valence-corrected chi connectivity index (χ4v) is 3.38. The first kappa shape index (κ1) is 18.0. The Balaban J connectivity index is 1.66. The monoisotopic (exact) mass is 393 g/mol. The maximum Gasteiger partial charge on any atom is 0.337 e. The number of hydrogen-bond acceptors (Lipinski definition) is 4. The number of fused-ring (bicyclic) bond motifs is 1. The molecule has 0 aliphatic rings. The van der Waals surface area contributed by atoms with E-state index in [1.165, 1.54) is 6.07 Å². The SMILES string of the molecule is COc1cc(-c2ccc(Cn3ncc4cc(Cl)cc(C(=O)O)c43)cc2)ccn1. The van der Waals surface area contributed by atoms with Crippen LogP contribution in [0.5, 0.6) is 5.88 Å². The molecule has 0 spiro atoms. The molecule has 0 saturated carbocycles. The van der Waals surface area contributed by atoms with Crippen molar-refractivity contribution in [2.75, 3.05) is 7.11 Å². The number of halogens is 1. The molecule has 0 aliphatic heterocycles. The molecule has 0 unspecified atom stereocenters. The molecule has 2 heterocycles. The number of carboxylic acid groups (broad SMARTS) is 1. The van der Waals surface area contributed by atoms with Crippen molar-refractivity contribution in [3.05, 3.63) is 77.1 Å². The van der Waals surface area contributed by atoms with E-state index in [2.05, 4.69) is 10.1 Å². The van der Waals surface area contributed by atoms with Gasteiger partial charge in [-0.15, -0.1) is 0 Å². The van der Waals surface area contributed by atoms with Crippen LogP contribution >= 0.6 is 11.6 Å². The van der Waals surface area contributed by atoms with Gasteiger partial charge in [0.25, 0.3) is 0 Å². The van der Waals surface area contributed by atoms with E-state index < -0.39 is 5.97 Å². The summed E-state index contributed by atoms with van der Waals surface area (Å²) in [5.74, 6) is -0.472. The Hall–Kier alpha value is -3.38. The van der Waals surface area contributed by atoms with Gasteiger partial charge >= 0.3 is 5.97 Å². The van der Waals surface area contributed by atoms with E-state index in [1.54, 1.807) is 30.3 Å². The highest BCUT2D eigenvalue weighted by Gasteiger charge is 2.15. The molecule has 0 amide bonds. The van der Waals surface area contributed by atoms with E-state index in [1.807, 2.05) is 36.4 Å². The van der Waals surface area contributed by atoms with E-state index in [9.17, 15) is 9.90 Å². The zero-order chi connectivity index (χ0) is 19.7. The number of hydrogen-bond donors (Lipinski definition) is 1. The van der Waals surface area contributed by atoms with Crippen molar-refractivity contribution in [1.82, 2.24) is 14.8 Å². The second-order valence-corrected chi connectivity index (χ2v) is 6.72. The van der Waals surface area contributed by atoms with Gasteiger partial charge in [-0.25, -0.2) is 9.78 Å². The smallest absolute Gasteiger partial charge is 0.337 e. The van der Waals surface area contributed by atoms with Crippen molar-refractivity contribution in [3.63, 3.8) is 0 Å². The molecule has 0 radical (unpaired) electrons. The summed E-state index contributed by atoms with van der Waals surface area (Å²) in [5.41, 5.74) is 3.74. The number of nitrogens with zero attached hydrogens (tertiary/aromatic N) is 3. The van der Waals surface area contributed by atoms with E-state index in [-0.39, 0.29) is 5.56 Å². The second-order valence-electron chi connectivity index (χ2n) is 6.28. The van der Waals surface area contributed by atoms with E-state index >= 15 is 0 Å². The van der Waals surface area contributed by atoms with Crippen molar-refractivity contribution in [3.8, 4) is 17.0 Å². The van der Waals surface area contributed by atoms with Crippen molar-refractivity contribution in [1.29, 1.82) is 0 Å². The summed E-state index contributed by atoms with van der Waals surface area (Å²) >= 11 is 6.02. The summed E-state index contributed by atoms with van der Waals surface area (Å²) in [6.45, 7) is 0.450. The molecule has 140 valence electrons. The maximum absolute atomic E-state index is 11.6. The molecule has 0 atom stereocenters. The van der Waals surface area contributed by atoms with Crippen LogP contribution in [-0.2, 0) is 6.54 Å². The summed E-state index contributed by atoms with van der Waals surface area (Å²) in [5, 5.41) is 14.9. The molecule has 1 N–H and O–H groups in total. The van der Waals surface area contributed by atoms with E-state index in [0.717, 1.165) is 16.7 Å². The molecule has 0 saturated heterocycles. The Morgan fingerprint density at radius 2 is 1.93 bits per heavy atom. The number of rotatable bonds is 5. The van der Waals surface area contributed by atoms with Crippen molar-refractivity contribution in [2.24, 2.45) is 0 Å². The van der Waals surface area contributed by atoms with Crippen LogP contribution in [0.15, 0.2) is 60.9 Å². The topological polar surface area (TPSA) is 77.2 Å². The number of pyridine rings is 1. The highest BCUT2D eigenvalue weighted by molar-refractivity contribution is 6.32. The quantitative estimate of drug-likeness (QED) is 0.540. The molecule has 6 nitrogen and oxygen atoms in total. The van der Waals surface area contributed by atoms with Gasteiger partial charge in [0.05, 0.1) is 30.9 Å². The predicted molar refractivity (Wildman–Crippen MR) is 107 cm³/mol.